The third kappa shape index (κ3) is 1.61. The van der Waals surface area contributed by atoms with Crippen LogP contribution >= 0.6 is 0 Å². The standard InChI is InChI=1S/C14H18N2O/c1-13(2)8-14(5-6-14)10-7-9(12(15)17)3-4-11(10)16-13/h3-4,7,16H,5-6,8H2,1-2H3,(H2,15,17). The Labute approximate surface area is 101 Å². The van der Waals surface area contributed by atoms with E-state index in [1.807, 2.05) is 18.2 Å². The van der Waals surface area contributed by atoms with Crippen LogP contribution in [0, 0.1) is 0 Å². The fourth-order valence-corrected chi connectivity index (χ4v) is 3.19. The normalized spacial score (nSPS) is 22.7. The van der Waals surface area contributed by atoms with Crippen LogP contribution in [0.5, 0.6) is 0 Å². The fourth-order valence-electron chi connectivity index (χ4n) is 3.19. The smallest absolute Gasteiger partial charge is 0.248 e. The monoisotopic (exact) mass is 230 g/mol. The van der Waals surface area contributed by atoms with E-state index >= 15 is 0 Å². The lowest BCUT2D eigenvalue weighted by atomic mass is 9.78. The summed E-state index contributed by atoms with van der Waals surface area (Å²) in [6, 6.07) is 5.79. The molecule has 0 radical (unpaired) electrons. The van der Waals surface area contributed by atoms with Gasteiger partial charge < -0.3 is 11.1 Å². The molecule has 0 aromatic heterocycles. The van der Waals surface area contributed by atoms with E-state index in [1.165, 1.54) is 24.1 Å². The third-order valence-corrected chi connectivity index (χ3v) is 3.98. The average Bonchev–Trinajstić information content (AvgIpc) is 2.96. The molecule has 3 nitrogen and oxygen atoms in total. The predicted molar refractivity (Wildman–Crippen MR) is 68.2 cm³/mol. The number of fused-ring (bicyclic) bond motifs is 2. The highest BCUT2D eigenvalue weighted by molar-refractivity contribution is 5.93. The molecule has 0 bridgehead atoms. The minimum atomic E-state index is -0.339. The Morgan fingerprint density at radius 3 is 2.65 bits per heavy atom. The van der Waals surface area contributed by atoms with E-state index in [0.717, 1.165) is 6.42 Å². The van der Waals surface area contributed by atoms with E-state index in [4.69, 9.17) is 5.73 Å². The molecule has 0 unspecified atom stereocenters. The van der Waals surface area contributed by atoms with Crippen molar-refractivity contribution in [1.29, 1.82) is 0 Å². The van der Waals surface area contributed by atoms with Gasteiger partial charge in [0.15, 0.2) is 0 Å². The van der Waals surface area contributed by atoms with Crippen LogP contribution in [0.3, 0.4) is 0 Å². The highest BCUT2D eigenvalue weighted by Crippen LogP contribution is 2.58. The fraction of sp³-hybridized carbons (Fsp3) is 0.500. The Balaban J connectivity index is 2.11. The molecule has 90 valence electrons. The summed E-state index contributed by atoms with van der Waals surface area (Å²) in [7, 11) is 0. The molecule has 3 N–H and O–H groups in total. The van der Waals surface area contributed by atoms with Crippen molar-refractivity contribution in [3.05, 3.63) is 29.3 Å². The highest BCUT2D eigenvalue weighted by atomic mass is 16.1. The third-order valence-electron chi connectivity index (χ3n) is 3.98. The van der Waals surface area contributed by atoms with Gasteiger partial charge in [0.1, 0.15) is 0 Å². The zero-order valence-electron chi connectivity index (χ0n) is 10.3. The lowest BCUT2D eigenvalue weighted by Gasteiger charge is -2.39. The molecule has 17 heavy (non-hydrogen) atoms. The number of nitrogens with one attached hydrogen (secondary N) is 1. The number of rotatable bonds is 1. The Kier molecular flexibility index (Phi) is 1.90. The van der Waals surface area contributed by atoms with Crippen LogP contribution in [-0.2, 0) is 5.41 Å². The molecular weight excluding hydrogens is 212 g/mol. The van der Waals surface area contributed by atoms with Crippen LogP contribution < -0.4 is 11.1 Å². The Morgan fingerprint density at radius 2 is 2.06 bits per heavy atom. The summed E-state index contributed by atoms with van der Waals surface area (Å²) in [4.78, 5) is 11.2. The van der Waals surface area contributed by atoms with Gasteiger partial charge in [-0.2, -0.15) is 0 Å². The van der Waals surface area contributed by atoms with Gasteiger partial charge in [-0.1, -0.05) is 0 Å². The topological polar surface area (TPSA) is 55.1 Å². The number of anilines is 1. The molecule has 1 fully saturated rings. The first-order valence-electron chi connectivity index (χ1n) is 6.15. The number of carbonyl (C=O) groups excluding carboxylic acids is 1. The van der Waals surface area contributed by atoms with Crippen LogP contribution in [0.1, 0.15) is 49.0 Å². The summed E-state index contributed by atoms with van der Waals surface area (Å²) in [5, 5.41) is 3.55. The zero-order chi connectivity index (χ0) is 12.3. The van der Waals surface area contributed by atoms with E-state index in [9.17, 15) is 4.79 Å². The summed E-state index contributed by atoms with van der Waals surface area (Å²) in [5.41, 5.74) is 8.86. The number of benzene rings is 1. The van der Waals surface area contributed by atoms with Crippen LogP contribution in [-0.4, -0.2) is 11.4 Å². The minimum absolute atomic E-state index is 0.137. The van der Waals surface area contributed by atoms with Gasteiger partial charge in [-0.05, 0) is 62.3 Å². The first-order valence-corrected chi connectivity index (χ1v) is 6.15. The number of hydrogen-bond acceptors (Lipinski definition) is 2. The summed E-state index contributed by atoms with van der Waals surface area (Å²) in [5.74, 6) is -0.339. The first-order chi connectivity index (χ1) is 7.92. The maximum Gasteiger partial charge on any atom is 0.248 e. The van der Waals surface area contributed by atoms with Crippen LogP contribution in [0.4, 0.5) is 5.69 Å². The molecule has 1 heterocycles. The average molecular weight is 230 g/mol. The van der Waals surface area contributed by atoms with Crippen molar-refractivity contribution in [2.24, 2.45) is 5.73 Å². The van der Waals surface area contributed by atoms with Crippen molar-refractivity contribution in [3.63, 3.8) is 0 Å². The maximum atomic E-state index is 11.2. The van der Waals surface area contributed by atoms with Crippen molar-refractivity contribution in [2.75, 3.05) is 5.32 Å². The molecule has 1 aliphatic heterocycles. The van der Waals surface area contributed by atoms with Gasteiger partial charge in [-0.25, -0.2) is 0 Å². The molecule has 2 aliphatic rings. The second kappa shape index (κ2) is 3.03. The lowest BCUT2D eigenvalue weighted by molar-refractivity contribution is 0.1000. The van der Waals surface area contributed by atoms with E-state index in [-0.39, 0.29) is 11.4 Å². The quantitative estimate of drug-likeness (QED) is 0.778. The van der Waals surface area contributed by atoms with Gasteiger partial charge in [-0.15, -0.1) is 0 Å². The summed E-state index contributed by atoms with van der Waals surface area (Å²) >= 11 is 0. The Morgan fingerprint density at radius 1 is 1.35 bits per heavy atom. The number of primary amides is 1. The van der Waals surface area contributed by atoms with Crippen LogP contribution in [0.15, 0.2) is 18.2 Å². The van der Waals surface area contributed by atoms with E-state index in [0.29, 0.717) is 11.0 Å². The molecule has 3 rings (SSSR count). The molecule has 1 saturated carbocycles. The van der Waals surface area contributed by atoms with Gasteiger partial charge in [-0.3, -0.25) is 4.79 Å². The van der Waals surface area contributed by atoms with E-state index in [2.05, 4.69) is 19.2 Å². The molecule has 1 aliphatic carbocycles. The molecule has 1 aromatic rings. The lowest BCUT2D eigenvalue weighted by Crippen LogP contribution is -2.40. The predicted octanol–water partition coefficient (Wildman–Crippen LogP) is 2.41. The SMILES string of the molecule is CC1(C)CC2(CC2)c2cc(C(N)=O)ccc2N1. The minimum Gasteiger partial charge on any atom is -0.380 e. The van der Waals surface area contributed by atoms with Gasteiger partial charge in [0.25, 0.3) is 0 Å². The number of carbonyl (C=O) groups is 1. The van der Waals surface area contributed by atoms with Crippen molar-refractivity contribution in [1.82, 2.24) is 0 Å². The first kappa shape index (κ1) is 10.6. The maximum absolute atomic E-state index is 11.2. The molecule has 3 heteroatoms. The molecule has 1 aromatic carbocycles. The van der Waals surface area contributed by atoms with Crippen molar-refractivity contribution in [2.45, 2.75) is 44.1 Å². The summed E-state index contributed by atoms with van der Waals surface area (Å²) in [6.07, 6.45) is 3.59. The second-order valence-electron chi connectivity index (χ2n) is 6.09. The van der Waals surface area contributed by atoms with Crippen LogP contribution in [0.2, 0.25) is 0 Å². The molecule has 1 spiro atoms. The molecule has 0 saturated heterocycles. The summed E-state index contributed by atoms with van der Waals surface area (Å²) in [6.45, 7) is 4.47. The van der Waals surface area contributed by atoms with Gasteiger partial charge >= 0.3 is 0 Å². The van der Waals surface area contributed by atoms with Gasteiger partial charge in [0.2, 0.25) is 5.91 Å². The van der Waals surface area contributed by atoms with Crippen molar-refractivity contribution >= 4 is 11.6 Å². The Bertz CT molecular complexity index is 501. The molecule has 0 atom stereocenters. The summed E-state index contributed by atoms with van der Waals surface area (Å²) < 4.78 is 0. The van der Waals surface area contributed by atoms with E-state index < -0.39 is 0 Å². The molecule has 1 amide bonds. The van der Waals surface area contributed by atoms with Crippen molar-refractivity contribution in [3.8, 4) is 0 Å². The van der Waals surface area contributed by atoms with Crippen molar-refractivity contribution < 1.29 is 4.79 Å². The van der Waals surface area contributed by atoms with Gasteiger partial charge in [0.05, 0.1) is 0 Å². The number of nitrogens with two attached hydrogens (primary N) is 1. The number of amides is 1. The Hall–Kier alpha value is -1.51. The van der Waals surface area contributed by atoms with E-state index in [1.54, 1.807) is 0 Å². The number of hydrogen-bond donors (Lipinski definition) is 2. The molecular formula is C14H18N2O. The zero-order valence-corrected chi connectivity index (χ0v) is 10.3. The second-order valence-corrected chi connectivity index (χ2v) is 6.09. The highest BCUT2D eigenvalue weighted by Gasteiger charge is 2.51. The largest absolute Gasteiger partial charge is 0.380 e. The van der Waals surface area contributed by atoms with Crippen LogP contribution in [0.25, 0.3) is 0 Å². The van der Waals surface area contributed by atoms with Gasteiger partial charge in [0, 0.05) is 16.8 Å².